The molecule has 0 radical (unpaired) electrons. The summed E-state index contributed by atoms with van der Waals surface area (Å²) >= 11 is 0. The van der Waals surface area contributed by atoms with Gasteiger partial charge in [-0.25, -0.2) is 4.39 Å². The van der Waals surface area contributed by atoms with Gasteiger partial charge in [-0.15, -0.1) is 0 Å². The highest BCUT2D eigenvalue weighted by Crippen LogP contribution is 2.21. The minimum absolute atomic E-state index is 0.118. The summed E-state index contributed by atoms with van der Waals surface area (Å²) in [6.07, 6.45) is 0.234. The predicted octanol–water partition coefficient (Wildman–Crippen LogP) is 1.18. The van der Waals surface area contributed by atoms with Gasteiger partial charge in [0.2, 0.25) is 11.8 Å². The topological polar surface area (TPSA) is 63.4 Å². The van der Waals surface area contributed by atoms with Crippen molar-refractivity contribution in [2.24, 2.45) is 11.7 Å². The van der Waals surface area contributed by atoms with Crippen molar-refractivity contribution in [2.45, 2.75) is 26.4 Å². The molecule has 2 rings (SSSR count). The van der Waals surface area contributed by atoms with Crippen LogP contribution in [0.3, 0.4) is 0 Å². The van der Waals surface area contributed by atoms with Gasteiger partial charge in [0, 0.05) is 18.9 Å². The minimum Gasteiger partial charge on any atom is -0.326 e. The number of carbonyl (C=O) groups is 2. The quantitative estimate of drug-likeness (QED) is 0.819. The molecule has 0 spiro atoms. The van der Waals surface area contributed by atoms with Crippen molar-refractivity contribution in [3.05, 3.63) is 35.1 Å². The molecule has 1 aromatic rings. The molecule has 0 aliphatic carbocycles. The first-order valence-electron chi connectivity index (χ1n) is 5.84. The summed E-state index contributed by atoms with van der Waals surface area (Å²) in [7, 11) is 0. The van der Waals surface area contributed by atoms with Crippen LogP contribution in [-0.4, -0.2) is 16.7 Å². The summed E-state index contributed by atoms with van der Waals surface area (Å²) in [5, 5.41) is 0. The third-order valence-electron chi connectivity index (χ3n) is 3.06. The maximum Gasteiger partial charge on any atom is 0.232 e. The normalized spacial score (nSPS) is 19.7. The minimum atomic E-state index is -0.403. The van der Waals surface area contributed by atoms with E-state index in [2.05, 4.69) is 0 Å². The Labute approximate surface area is 105 Å². The van der Waals surface area contributed by atoms with E-state index in [1.54, 1.807) is 13.0 Å². The maximum atomic E-state index is 13.3. The molecule has 2 amide bonds. The smallest absolute Gasteiger partial charge is 0.232 e. The second-order valence-corrected chi connectivity index (χ2v) is 4.60. The first-order chi connectivity index (χ1) is 8.51. The molecular weight excluding hydrogens is 235 g/mol. The van der Waals surface area contributed by atoms with Gasteiger partial charge in [-0.1, -0.05) is 13.0 Å². The number of imide groups is 1. The highest BCUT2D eigenvalue weighted by atomic mass is 19.1. The molecule has 4 nitrogen and oxygen atoms in total. The largest absolute Gasteiger partial charge is 0.326 e. The Balaban J connectivity index is 2.21. The molecule has 0 aromatic heterocycles. The molecule has 1 heterocycles. The second kappa shape index (κ2) is 4.86. The van der Waals surface area contributed by atoms with Gasteiger partial charge in [0.15, 0.2) is 0 Å². The molecule has 0 saturated carbocycles. The Bertz CT molecular complexity index is 502. The van der Waals surface area contributed by atoms with Gasteiger partial charge >= 0.3 is 0 Å². The molecule has 0 bridgehead atoms. The molecule has 1 atom stereocenters. The van der Waals surface area contributed by atoms with Crippen LogP contribution >= 0.6 is 0 Å². The Morgan fingerprint density at radius 2 is 2.00 bits per heavy atom. The molecule has 1 aliphatic heterocycles. The van der Waals surface area contributed by atoms with Gasteiger partial charge in [-0.2, -0.15) is 0 Å². The molecule has 1 aromatic carbocycles. The average Bonchev–Trinajstić information content (AvgIpc) is 2.55. The van der Waals surface area contributed by atoms with Crippen LogP contribution in [-0.2, 0) is 22.7 Å². The van der Waals surface area contributed by atoms with Crippen LogP contribution in [0.5, 0.6) is 0 Å². The van der Waals surface area contributed by atoms with Crippen molar-refractivity contribution < 1.29 is 14.0 Å². The van der Waals surface area contributed by atoms with Crippen LogP contribution < -0.4 is 5.73 Å². The highest BCUT2D eigenvalue weighted by Gasteiger charge is 2.35. The summed E-state index contributed by atoms with van der Waals surface area (Å²) in [5.74, 6) is -1.08. The first-order valence-corrected chi connectivity index (χ1v) is 5.84. The number of halogens is 1. The lowest BCUT2D eigenvalue weighted by Crippen LogP contribution is -2.29. The van der Waals surface area contributed by atoms with Crippen LogP contribution in [0.4, 0.5) is 4.39 Å². The second-order valence-electron chi connectivity index (χ2n) is 4.60. The molecule has 96 valence electrons. The van der Waals surface area contributed by atoms with E-state index in [4.69, 9.17) is 5.73 Å². The lowest BCUT2D eigenvalue weighted by Gasteiger charge is -2.15. The number of hydrogen-bond acceptors (Lipinski definition) is 3. The van der Waals surface area contributed by atoms with Crippen molar-refractivity contribution in [3.8, 4) is 0 Å². The molecule has 1 aliphatic rings. The zero-order valence-corrected chi connectivity index (χ0v) is 10.1. The number of hydrogen-bond donors (Lipinski definition) is 1. The van der Waals surface area contributed by atoms with Crippen molar-refractivity contribution in [3.63, 3.8) is 0 Å². The summed E-state index contributed by atoms with van der Waals surface area (Å²) < 4.78 is 13.3. The Morgan fingerprint density at radius 3 is 2.56 bits per heavy atom. The van der Waals surface area contributed by atoms with E-state index in [-0.39, 0.29) is 37.2 Å². The maximum absolute atomic E-state index is 13.3. The monoisotopic (exact) mass is 250 g/mol. The number of nitrogens with two attached hydrogens (primary N) is 1. The van der Waals surface area contributed by atoms with Crippen LogP contribution in [0.15, 0.2) is 18.2 Å². The summed E-state index contributed by atoms with van der Waals surface area (Å²) in [4.78, 5) is 24.6. The van der Waals surface area contributed by atoms with Crippen molar-refractivity contribution in [1.82, 2.24) is 4.90 Å². The number of benzene rings is 1. The predicted molar refractivity (Wildman–Crippen MR) is 63.6 cm³/mol. The van der Waals surface area contributed by atoms with E-state index >= 15 is 0 Å². The molecule has 5 heteroatoms. The van der Waals surface area contributed by atoms with E-state index in [0.29, 0.717) is 11.1 Å². The number of nitrogens with zero attached hydrogens (tertiary/aromatic N) is 1. The third kappa shape index (κ3) is 2.41. The van der Waals surface area contributed by atoms with E-state index in [9.17, 15) is 14.0 Å². The number of likely N-dealkylation sites (tertiary alicyclic amines) is 1. The summed E-state index contributed by atoms with van der Waals surface area (Å²) in [5.41, 5.74) is 6.70. The molecule has 2 N–H and O–H groups in total. The highest BCUT2D eigenvalue weighted by molar-refractivity contribution is 6.03. The van der Waals surface area contributed by atoms with Crippen molar-refractivity contribution >= 4 is 11.8 Å². The third-order valence-corrected chi connectivity index (χ3v) is 3.06. The molecule has 1 unspecified atom stereocenters. The fraction of sp³-hybridized carbons (Fsp3) is 0.385. The number of carbonyl (C=O) groups excluding carboxylic acids is 2. The van der Waals surface area contributed by atoms with Gasteiger partial charge in [-0.05, 0) is 23.3 Å². The standard InChI is InChI=1S/C13H15FN2O2/c1-8-2-12(17)16(13(8)18)7-10-3-9(6-15)4-11(14)5-10/h3-5,8H,2,6-7,15H2,1H3. The van der Waals surface area contributed by atoms with E-state index < -0.39 is 5.82 Å². The van der Waals surface area contributed by atoms with Crippen LogP contribution in [0.1, 0.15) is 24.5 Å². The Kier molecular flexibility index (Phi) is 3.43. The lowest BCUT2D eigenvalue weighted by molar-refractivity contribution is -0.139. The SMILES string of the molecule is CC1CC(=O)N(Cc2cc(F)cc(CN)c2)C1=O. The van der Waals surface area contributed by atoms with Crippen molar-refractivity contribution in [1.29, 1.82) is 0 Å². The zero-order chi connectivity index (χ0) is 13.3. The average molecular weight is 250 g/mol. The Morgan fingerprint density at radius 1 is 1.33 bits per heavy atom. The van der Waals surface area contributed by atoms with Gasteiger partial charge in [0.05, 0.1) is 6.54 Å². The zero-order valence-electron chi connectivity index (χ0n) is 10.1. The number of rotatable bonds is 3. The van der Waals surface area contributed by atoms with Crippen LogP contribution in [0.25, 0.3) is 0 Å². The van der Waals surface area contributed by atoms with E-state index in [1.807, 2.05) is 0 Å². The van der Waals surface area contributed by atoms with Gasteiger partial charge in [0.1, 0.15) is 5.82 Å². The van der Waals surface area contributed by atoms with Gasteiger partial charge < -0.3 is 5.73 Å². The first kappa shape index (κ1) is 12.7. The van der Waals surface area contributed by atoms with Crippen LogP contribution in [0, 0.1) is 11.7 Å². The molecule has 1 fully saturated rings. The summed E-state index contributed by atoms with van der Waals surface area (Å²) in [6, 6.07) is 4.38. The summed E-state index contributed by atoms with van der Waals surface area (Å²) in [6.45, 7) is 2.06. The number of amides is 2. The van der Waals surface area contributed by atoms with Gasteiger partial charge in [-0.3, -0.25) is 14.5 Å². The molecule has 1 saturated heterocycles. The lowest BCUT2D eigenvalue weighted by atomic mass is 10.1. The van der Waals surface area contributed by atoms with Crippen molar-refractivity contribution in [2.75, 3.05) is 0 Å². The fourth-order valence-corrected chi connectivity index (χ4v) is 2.12. The van der Waals surface area contributed by atoms with E-state index in [1.165, 1.54) is 17.0 Å². The van der Waals surface area contributed by atoms with Gasteiger partial charge in [0.25, 0.3) is 0 Å². The van der Waals surface area contributed by atoms with E-state index in [0.717, 1.165) is 0 Å². The molecular formula is C13H15FN2O2. The van der Waals surface area contributed by atoms with Crippen LogP contribution in [0.2, 0.25) is 0 Å². The molecule has 18 heavy (non-hydrogen) atoms. The fourth-order valence-electron chi connectivity index (χ4n) is 2.12. The Hall–Kier alpha value is -1.75.